The fraction of sp³-hybridized carbons (Fsp3) is 0.526. The average molecular weight is 359 g/mol. The minimum absolute atomic E-state index is 0.194. The van der Waals surface area contributed by atoms with Crippen molar-refractivity contribution in [3.8, 4) is 5.69 Å². The molecule has 1 aliphatic heterocycles. The smallest absolute Gasteiger partial charge is 0.233 e. The Morgan fingerprint density at radius 1 is 1.24 bits per heavy atom. The van der Waals surface area contributed by atoms with Crippen LogP contribution in [0.25, 0.3) is 5.69 Å². The number of likely N-dealkylation sites (tertiary alicyclic amines) is 1. The Morgan fingerprint density at radius 2 is 1.96 bits per heavy atom. The zero-order chi connectivity index (χ0) is 18.0. The highest BCUT2D eigenvalue weighted by Crippen LogP contribution is 2.26. The molecule has 25 heavy (non-hydrogen) atoms. The van der Waals surface area contributed by atoms with Crippen LogP contribution in [0, 0.1) is 13.8 Å². The van der Waals surface area contributed by atoms with Crippen LogP contribution in [0.15, 0.2) is 29.7 Å². The van der Waals surface area contributed by atoms with Crippen LogP contribution in [-0.2, 0) is 4.79 Å². The highest BCUT2D eigenvalue weighted by atomic mass is 32.2. The van der Waals surface area contributed by atoms with Gasteiger partial charge in [-0.25, -0.2) is 0 Å². The van der Waals surface area contributed by atoms with Gasteiger partial charge in [-0.1, -0.05) is 29.5 Å². The van der Waals surface area contributed by atoms with Crippen LogP contribution in [0.5, 0.6) is 0 Å². The normalized spacial score (nSPS) is 20.7. The lowest BCUT2D eigenvalue weighted by atomic mass is 9.98. The number of nitrogens with zero attached hydrogens (tertiary/aromatic N) is 4. The summed E-state index contributed by atoms with van der Waals surface area (Å²) >= 11 is 1.47. The Morgan fingerprint density at radius 3 is 2.64 bits per heavy atom. The Hall–Kier alpha value is -1.82. The predicted octanol–water partition coefficient (Wildman–Crippen LogP) is 3.77. The molecule has 0 bridgehead atoms. The van der Waals surface area contributed by atoms with Gasteiger partial charge in [0.15, 0.2) is 5.16 Å². The zero-order valence-corrected chi connectivity index (χ0v) is 16.2. The van der Waals surface area contributed by atoms with E-state index in [-0.39, 0.29) is 5.91 Å². The number of thioether (sulfide) groups is 1. The van der Waals surface area contributed by atoms with Gasteiger partial charge in [0.1, 0.15) is 6.33 Å². The molecule has 3 rings (SSSR count). The van der Waals surface area contributed by atoms with Gasteiger partial charge in [-0.15, -0.1) is 10.2 Å². The van der Waals surface area contributed by atoms with E-state index >= 15 is 0 Å². The summed E-state index contributed by atoms with van der Waals surface area (Å²) in [6.07, 6.45) is 5.12. The monoisotopic (exact) mass is 358 g/mol. The molecule has 1 aromatic heterocycles. The molecule has 1 amide bonds. The third-order valence-corrected chi connectivity index (χ3v) is 5.86. The SMILES string of the molecule is Cc1ccc(-n2cnnc2SCC(=O)N2[C@@H](C)CCC[C@@H]2C)c(C)c1. The molecule has 5 nitrogen and oxygen atoms in total. The Kier molecular flexibility index (Phi) is 5.47. The Bertz CT molecular complexity index is 748. The Balaban J connectivity index is 1.72. The minimum Gasteiger partial charge on any atom is -0.337 e. The molecule has 2 atom stereocenters. The number of piperidine rings is 1. The minimum atomic E-state index is 0.194. The van der Waals surface area contributed by atoms with E-state index in [1.165, 1.54) is 29.3 Å². The standard InChI is InChI=1S/C19H26N4OS/c1-13-8-9-17(14(2)10-13)22-12-20-21-19(22)25-11-18(24)23-15(3)6-5-7-16(23)4/h8-10,12,15-16H,5-7,11H2,1-4H3/t15-,16-/m0/s1. The quantitative estimate of drug-likeness (QED) is 0.781. The molecular weight excluding hydrogens is 332 g/mol. The lowest BCUT2D eigenvalue weighted by Crippen LogP contribution is -2.48. The number of rotatable bonds is 4. The molecule has 2 aromatic rings. The van der Waals surface area contributed by atoms with Crippen LogP contribution in [0.3, 0.4) is 0 Å². The summed E-state index contributed by atoms with van der Waals surface area (Å²) in [6, 6.07) is 6.96. The molecule has 134 valence electrons. The van der Waals surface area contributed by atoms with E-state index in [0.29, 0.717) is 17.8 Å². The lowest BCUT2D eigenvalue weighted by Gasteiger charge is -2.39. The fourth-order valence-corrected chi connectivity index (χ4v) is 4.47. The number of aryl methyl sites for hydroxylation is 2. The maximum atomic E-state index is 12.7. The van der Waals surface area contributed by atoms with Crippen LogP contribution in [-0.4, -0.2) is 43.4 Å². The molecule has 1 fully saturated rings. The largest absolute Gasteiger partial charge is 0.337 e. The van der Waals surface area contributed by atoms with Crippen LogP contribution >= 0.6 is 11.8 Å². The zero-order valence-electron chi connectivity index (χ0n) is 15.4. The van der Waals surface area contributed by atoms with Gasteiger partial charge in [0, 0.05) is 12.1 Å². The summed E-state index contributed by atoms with van der Waals surface area (Å²) in [4.78, 5) is 14.8. The highest BCUT2D eigenvalue weighted by molar-refractivity contribution is 7.99. The first kappa shape index (κ1) is 18.0. The molecule has 1 saturated heterocycles. The molecule has 1 aromatic carbocycles. The number of carbonyl (C=O) groups excluding carboxylic acids is 1. The molecule has 0 spiro atoms. The molecule has 1 aliphatic rings. The van der Waals surface area contributed by atoms with Gasteiger partial charge in [-0.05, 0) is 58.6 Å². The van der Waals surface area contributed by atoms with Crippen molar-refractivity contribution in [1.82, 2.24) is 19.7 Å². The molecule has 0 unspecified atom stereocenters. The number of benzene rings is 1. The number of hydrogen-bond acceptors (Lipinski definition) is 4. The van der Waals surface area contributed by atoms with Crippen LogP contribution in [0.2, 0.25) is 0 Å². The number of aromatic nitrogens is 3. The van der Waals surface area contributed by atoms with Gasteiger partial charge in [-0.2, -0.15) is 0 Å². The summed E-state index contributed by atoms with van der Waals surface area (Å²) in [6.45, 7) is 8.46. The Labute approximate surface area is 153 Å². The summed E-state index contributed by atoms with van der Waals surface area (Å²) in [5.41, 5.74) is 3.46. The van der Waals surface area contributed by atoms with Gasteiger partial charge in [0.2, 0.25) is 5.91 Å². The first-order valence-electron chi connectivity index (χ1n) is 8.89. The van der Waals surface area contributed by atoms with Crippen molar-refractivity contribution in [3.63, 3.8) is 0 Å². The second kappa shape index (κ2) is 7.60. The summed E-state index contributed by atoms with van der Waals surface area (Å²) in [5, 5.41) is 9.03. The van der Waals surface area contributed by atoms with E-state index in [2.05, 4.69) is 56.1 Å². The van der Waals surface area contributed by atoms with Gasteiger partial charge >= 0.3 is 0 Å². The maximum absolute atomic E-state index is 12.7. The topological polar surface area (TPSA) is 51.0 Å². The van der Waals surface area contributed by atoms with Crippen molar-refractivity contribution < 1.29 is 4.79 Å². The predicted molar refractivity (Wildman–Crippen MR) is 101 cm³/mol. The fourth-order valence-electron chi connectivity index (χ4n) is 3.68. The van der Waals surface area contributed by atoms with E-state index in [9.17, 15) is 4.79 Å². The molecule has 0 saturated carbocycles. The third-order valence-electron chi connectivity index (χ3n) is 4.93. The third kappa shape index (κ3) is 3.89. The summed E-state index contributed by atoms with van der Waals surface area (Å²) < 4.78 is 1.97. The molecule has 6 heteroatoms. The van der Waals surface area contributed by atoms with Crippen molar-refractivity contribution in [2.75, 3.05) is 5.75 Å². The van der Waals surface area contributed by atoms with Crippen LogP contribution in [0.1, 0.15) is 44.2 Å². The van der Waals surface area contributed by atoms with E-state index in [0.717, 1.165) is 23.7 Å². The maximum Gasteiger partial charge on any atom is 0.233 e. The number of hydrogen-bond donors (Lipinski definition) is 0. The summed E-state index contributed by atoms with van der Waals surface area (Å²) in [7, 11) is 0. The molecular formula is C19H26N4OS. The van der Waals surface area contributed by atoms with Crippen molar-refractivity contribution in [3.05, 3.63) is 35.7 Å². The molecule has 0 N–H and O–H groups in total. The second-order valence-corrected chi connectivity index (χ2v) is 7.93. The van der Waals surface area contributed by atoms with E-state index in [4.69, 9.17) is 0 Å². The molecule has 2 heterocycles. The van der Waals surface area contributed by atoms with E-state index in [1.54, 1.807) is 6.33 Å². The van der Waals surface area contributed by atoms with Crippen molar-refractivity contribution in [2.24, 2.45) is 0 Å². The molecule has 0 radical (unpaired) electrons. The van der Waals surface area contributed by atoms with E-state index in [1.807, 2.05) is 9.47 Å². The summed E-state index contributed by atoms with van der Waals surface area (Å²) in [5.74, 6) is 0.595. The van der Waals surface area contributed by atoms with Crippen molar-refractivity contribution in [2.45, 2.75) is 64.2 Å². The first-order chi connectivity index (χ1) is 12.0. The van der Waals surface area contributed by atoms with Crippen LogP contribution < -0.4 is 0 Å². The highest BCUT2D eigenvalue weighted by Gasteiger charge is 2.29. The van der Waals surface area contributed by atoms with E-state index < -0.39 is 0 Å². The van der Waals surface area contributed by atoms with Gasteiger partial charge in [0.25, 0.3) is 0 Å². The molecule has 0 aliphatic carbocycles. The second-order valence-electron chi connectivity index (χ2n) is 6.99. The lowest BCUT2D eigenvalue weighted by molar-refractivity contribution is -0.134. The first-order valence-corrected chi connectivity index (χ1v) is 9.87. The van der Waals surface area contributed by atoms with Gasteiger partial charge in [0.05, 0.1) is 11.4 Å². The average Bonchev–Trinajstić information content (AvgIpc) is 3.01. The van der Waals surface area contributed by atoms with Crippen molar-refractivity contribution >= 4 is 17.7 Å². The number of amides is 1. The van der Waals surface area contributed by atoms with Gasteiger partial charge in [-0.3, -0.25) is 9.36 Å². The van der Waals surface area contributed by atoms with Gasteiger partial charge < -0.3 is 4.90 Å². The number of carbonyl (C=O) groups is 1. The van der Waals surface area contributed by atoms with Crippen molar-refractivity contribution in [1.29, 1.82) is 0 Å². The van der Waals surface area contributed by atoms with Crippen LogP contribution in [0.4, 0.5) is 0 Å².